The lowest BCUT2D eigenvalue weighted by Crippen LogP contribution is -2.43. The average Bonchev–Trinajstić information content (AvgIpc) is 2.75. The van der Waals surface area contributed by atoms with Crippen molar-refractivity contribution >= 4 is 11.9 Å². The van der Waals surface area contributed by atoms with Gasteiger partial charge in [0.2, 0.25) is 5.91 Å². The van der Waals surface area contributed by atoms with Crippen molar-refractivity contribution in [2.24, 2.45) is 4.99 Å². The number of guanidine groups is 1. The number of rotatable bonds is 8. The molecule has 162 valence electrons. The van der Waals surface area contributed by atoms with Crippen molar-refractivity contribution in [3.05, 3.63) is 59.4 Å². The van der Waals surface area contributed by atoms with E-state index < -0.39 is 5.82 Å². The van der Waals surface area contributed by atoms with E-state index >= 15 is 0 Å². The molecule has 2 N–H and O–H groups in total. The first-order valence-corrected chi connectivity index (χ1v) is 9.55. The molecule has 0 aliphatic rings. The standard InChI is InChI=1S/C22H29FN4O3/c1-15(17-8-11-20(30-5)19(23)12-17)26-22(25-14-21(28)27(2)3)24-13-16-6-9-18(29-4)10-7-16/h6-12,15H,13-14H2,1-5H3,(H2,24,25,26). The zero-order valence-electron chi connectivity index (χ0n) is 18.0. The number of ether oxygens (including phenoxy) is 2. The third-order valence-corrected chi connectivity index (χ3v) is 4.51. The summed E-state index contributed by atoms with van der Waals surface area (Å²) in [7, 11) is 6.42. The van der Waals surface area contributed by atoms with Crippen LogP contribution in [0.5, 0.6) is 11.5 Å². The number of methoxy groups -OCH3 is 2. The lowest BCUT2D eigenvalue weighted by atomic mass is 10.1. The maximum absolute atomic E-state index is 14.1. The van der Waals surface area contributed by atoms with Gasteiger partial charge in [-0.25, -0.2) is 9.38 Å². The van der Waals surface area contributed by atoms with Gasteiger partial charge in [-0.15, -0.1) is 0 Å². The Morgan fingerprint density at radius 2 is 1.83 bits per heavy atom. The maximum Gasteiger partial charge on any atom is 0.241 e. The second kappa shape index (κ2) is 11.0. The van der Waals surface area contributed by atoms with Crippen molar-refractivity contribution in [2.75, 3.05) is 34.9 Å². The number of aliphatic imine (C=N–C) groups is 1. The summed E-state index contributed by atoms with van der Waals surface area (Å²) in [6.07, 6.45) is 0. The highest BCUT2D eigenvalue weighted by Crippen LogP contribution is 2.21. The number of likely N-dealkylation sites (N-methyl/N-ethyl adjacent to an activating group) is 1. The predicted octanol–water partition coefficient (Wildman–Crippen LogP) is 2.73. The molecule has 0 heterocycles. The molecule has 2 aromatic carbocycles. The lowest BCUT2D eigenvalue weighted by Gasteiger charge is -2.20. The van der Waals surface area contributed by atoms with Crippen molar-refractivity contribution in [3.63, 3.8) is 0 Å². The first-order chi connectivity index (χ1) is 14.3. The molecule has 8 heteroatoms. The highest BCUT2D eigenvalue weighted by atomic mass is 19.1. The van der Waals surface area contributed by atoms with E-state index in [1.807, 2.05) is 31.2 Å². The number of halogens is 1. The van der Waals surface area contributed by atoms with Crippen LogP contribution in [0.25, 0.3) is 0 Å². The van der Waals surface area contributed by atoms with Crippen LogP contribution in [0.2, 0.25) is 0 Å². The number of carbonyl (C=O) groups is 1. The van der Waals surface area contributed by atoms with E-state index in [1.54, 1.807) is 33.3 Å². The Morgan fingerprint density at radius 3 is 2.40 bits per heavy atom. The van der Waals surface area contributed by atoms with E-state index in [0.29, 0.717) is 12.5 Å². The Labute approximate surface area is 176 Å². The molecule has 1 unspecified atom stereocenters. The van der Waals surface area contributed by atoms with Crippen molar-refractivity contribution in [1.82, 2.24) is 15.5 Å². The summed E-state index contributed by atoms with van der Waals surface area (Å²) >= 11 is 0. The number of carbonyl (C=O) groups excluding carboxylic acids is 1. The topological polar surface area (TPSA) is 75.2 Å². The van der Waals surface area contributed by atoms with Gasteiger partial charge in [0.1, 0.15) is 5.75 Å². The van der Waals surface area contributed by atoms with Gasteiger partial charge < -0.3 is 25.0 Å². The van der Waals surface area contributed by atoms with Gasteiger partial charge in [0.15, 0.2) is 17.5 Å². The fourth-order valence-corrected chi connectivity index (χ4v) is 2.61. The van der Waals surface area contributed by atoms with Gasteiger partial charge in [-0.2, -0.15) is 0 Å². The molecule has 0 spiro atoms. The minimum Gasteiger partial charge on any atom is -0.497 e. The lowest BCUT2D eigenvalue weighted by molar-refractivity contribution is -0.127. The summed E-state index contributed by atoms with van der Waals surface area (Å²) in [5.74, 6) is 0.887. The largest absolute Gasteiger partial charge is 0.497 e. The first-order valence-electron chi connectivity index (χ1n) is 9.55. The second-order valence-electron chi connectivity index (χ2n) is 6.91. The molecule has 0 radical (unpaired) electrons. The van der Waals surface area contributed by atoms with Crippen molar-refractivity contribution < 1.29 is 18.7 Å². The van der Waals surface area contributed by atoms with Crippen molar-refractivity contribution in [1.29, 1.82) is 0 Å². The number of amides is 1. The number of benzene rings is 2. The van der Waals surface area contributed by atoms with Gasteiger partial charge in [0.05, 0.1) is 33.4 Å². The molecular weight excluding hydrogens is 387 g/mol. The fourth-order valence-electron chi connectivity index (χ4n) is 2.61. The Morgan fingerprint density at radius 1 is 1.13 bits per heavy atom. The molecule has 0 fully saturated rings. The van der Waals surface area contributed by atoms with Crippen LogP contribution in [-0.4, -0.2) is 51.6 Å². The Bertz CT molecular complexity index is 869. The van der Waals surface area contributed by atoms with Crippen LogP contribution in [0.1, 0.15) is 24.1 Å². The average molecular weight is 416 g/mol. The molecule has 0 aliphatic heterocycles. The van der Waals surface area contributed by atoms with E-state index in [0.717, 1.165) is 16.9 Å². The van der Waals surface area contributed by atoms with Gasteiger partial charge in [0.25, 0.3) is 0 Å². The van der Waals surface area contributed by atoms with Crippen molar-refractivity contribution in [3.8, 4) is 11.5 Å². The molecule has 1 atom stereocenters. The van der Waals surface area contributed by atoms with E-state index in [1.165, 1.54) is 18.1 Å². The molecule has 0 aromatic heterocycles. The minimum atomic E-state index is -0.434. The molecule has 0 aliphatic carbocycles. The Kier molecular flexibility index (Phi) is 8.46. The van der Waals surface area contributed by atoms with Gasteiger partial charge in [-0.3, -0.25) is 4.79 Å². The normalized spacial score (nSPS) is 12.1. The maximum atomic E-state index is 14.1. The van der Waals surface area contributed by atoms with Crippen LogP contribution in [-0.2, 0) is 11.3 Å². The third-order valence-electron chi connectivity index (χ3n) is 4.51. The Balaban J connectivity index is 2.14. The number of hydrogen-bond donors (Lipinski definition) is 2. The fraction of sp³-hybridized carbons (Fsp3) is 0.364. The van der Waals surface area contributed by atoms with E-state index in [-0.39, 0.29) is 24.2 Å². The molecule has 0 saturated heterocycles. The summed E-state index contributed by atoms with van der Waals surface area (Å²) in [6, 6.07) is 12.1. The van der Waals surface area contributed by atoms with Gasteiger partial charge in [0, 0.05) is 14.1 Å². The molecule has 7 nitrogen and oxygen atoms in total. The Hall–Kier alpha value is -3.29. The van der Waals surface area contributed by atoms with Gasteiger partial charge in [-0.05, 0) is 42.3 Å². The molecular formula is C22H29FN4O3. The highest BCUT2D eigenvalue weighted by Gasteiger charge is 2.13. The van der Waals surface area contributed by atoms with Gasteiger partial charge in [-0.1, -0.05) is 18.2 Å². The number of nitrogens with one attached hydrogen (secondary N) is 2. The van der Waals surface area contributed by atoms with E-state index in [9.17, 15) is 9.18 Å². The van der Waals surface area contributed by atoms with Crippen LogP contribution in [0.3, 0.4) is 0 Å². The smallest absolute Gasteiger partial charge is 0.241 e. The molecule has 2 aromatic rings. The molecule has 2 rings (SSSR count). The molecule has 30 heavy (non-hydrogen) atoms. The summed E-state index contributed by atoms with van der Waals surface area (Å²) in [4.78, 5) is 18.0. The van der Waals surface area contributed by atoms with Crippen molar-refractivity contribution in [2.45, 2.75) is 19.5 Å². The minimum absolute atomic E-state index is 0.0860. The summed E-state index contributed by atoms with van der Waals surface area (Å²) < 4.78 is 24.2. The van der Waals surface area contributed by atoms with E-state index in [2.05, 4.69) is 15.6 Å². The molecule has 0 saturated carbocycles. The summed E-state index contributed by atoms with van der Waals surface area (Å²) in [6.45, 7) is 2.38. The SMILES string of the molecule is COc1ccc(CN=C(NCC(=O)N(C)C)NC(C)c2ccc(OC)c(F)c2)cc1. The van der Waals surface area contributed by atoms with Crippen LogP contribution in [0.15, 0.2) is 47.5 Å². The van der Waals surface area contributed by atoms with Gasteiger partial charge >= 0.3 is 0 Å². The van der Waals surface area contributed by atoms with Crippen LogP contribution in [0, 0.1) is 5.82 Å². The summed E-state index contributed by atoms with van der Waals surface area (Å²) in [5, 5.41) is 6.26. The third kappa shape index (κ3) is 6.65. The van der Waals surface area contributed by atoms with E-state index in [4.69, 9.17) is 9.47 Å². The molecule has 1 amide bonds. The number of nitrogens with zero attached hydrogens (tertiary/aromatic N) is 2. The summed E-state index contributed by atoms with van der Waals surface area (Å²) in [5.41, 5.74) is 1.71. The second-order valence-corrected chi connectivity index (χ2v) is 6.91. The quantitative estimate of drug-likeness (QED) is 0.511. The highest BCUT2D eigenvalue weighted by molar-refractivity contribution is 5.86. The van der Waals surface area contributed by atoms with Crippen LogP contribution in [0.4, 0.5) is 4.39 Å². The zero-order chi connectivity index (χ0) is 22.1. The van der Waals surface area contributed by atoms with Crippen LogP contribution < -0.4 is 20.1 Å². The van der Waals surface area contributed by atoms with Crippen LogP contribution >= 0.6 is 0 Å². The monoisotopic (exact) mass is 416 g/mol. The number of hydrogen-bond acceptors (Lipinski definition) is 4. The molecule has 0 bridgehead atoms. The zero-order valence-corrected chi connectivity index (χ0v) is 18.0. The predicted molar refractivity (Wildman–Crippen MR) is 115 cm³/mol. The first kappa shape index (κ1) is 23.0.